The van der Waals surface area contributed by atoms with E-state index in [1.807, 2.05) is 37.4 Å². The van der Waals surface area contributed by atoms with E-state index < -0.39 is 11.8 Å². The van der Waals surface area contributed by atoms with Crippen LogP contribution >= 0.6 is 0 Å². The van der Waals surface area contributed by atoms with Crippen molar-refractivity contribution in [3.8, 4) is 0 Å². The number of hydrogen-bond donors (Lipinski definition) is 1. The van der Waals surface area contributed by atoms with Gasteiger partial charge in [-0.05, 0) is 23.3 Å². The van der Waals surface area contributed by atoms with E-state index in [2.05, 4.69) is 0 Å². The average Bonchev–Trinajstić information content (AvgIpc) is 2.39. The highest BCUT2D eigenvalue weighted by Gasteiger charge is 2.10. The Labute approximate surface area is 117 Å². The predicted octanol–water partition coefficient (Wildman–Crippen LogP) is 3.09. The molecule has 0 aliphatic carbocycles. The van der Waals surface area contributed by atoms with Gasteiger partial charge < -0.3 is 10.0 Å². The van der Waals surface area contributed by atoms with Crippen molar-refractivity contribution in [1.82, 2.24) is 0 Å². The number of nitrogens with zero attached hydrogens (tertiary/aromatic N) is 1. The van der Waals surface area contributed by atoms with Crippen LogP contribution in [0, 0.1) is 5.82 Å². The fourth-order valence-corrected chi connectivity index (χ4v) is 2.09. The van der Waals surface area contributed by atoms with E-state index >= 15 is 0 Å². The molecule has 0 saturated heterocycles. The summed E-state index contributed by atoms with van der Waals surface area (Å²) in [7, 11) is 1.81. The maximum absolute atomic E-state index is 14.0. The molecule has 0 atom stereocenters. The smallest absolute Gasteiger partial charge is 0.307 e. The van der Waals surface area contributed by atoms with Crippen molar-refractivity contribution in [2.75, 3.05) is 11.9 Å². The quantitative estimate of drug-likeness (QED) is 0.910. The van der Waals surface area contributed by atoms with Crippen molar-refractivity contribution in [3.05, 3.63) is 65.5 Å². The number of carbonyl (C=O) groups is 1. The summed E-state index contributed by atoms with van der Waals surface area (Å²) < 4.78 is 14.0. The Balaban J connectivity index is 2.14. The molecule has 0 fully saturated rings. The average molecular weight is 273 g/mol. The van der Waals surface area contributed by atoms with Crippen LogP contribution < -0.4 is 4.90 Å². The molecule has 0 spiro atoms. The third-order valence-electron chi connectivity index (χ3n) is 3.04. The zero-order valence-electron chi connectivity index (χ0n) is 11.2. The first-order valence-corrected chi connectivity index (χ1v) is 6.31. The number of aliphatic carboxylic acids is 1. The van der Waals surface area contributed by atoms with E-state index in [4.69, 9.17) is 5.11 Å². The molecule has 0 saturated carbocycles. The van der Waals surface area contributed by atoms with Crippen LogP contribution in [-0.4, -0.2) is 18.1 Å². The van der Waals surface area contributed by atoms with Gasteiger partial charge in [0, 0.05) is 13.6 Å². The summed E-state index contributed by atoms with van der Waals surface area (Å²) in [4.78, 5) is 12.4. The van der Waals surface area contributed by atoms with Gasteiger partial charge in [-0.15, -0.1) is 0 Å². The Kier molecular flexibility index (Phi) is 4.35. The van der Waals surface area contributed by atoms with Crippen LogP contribution in [-0.2, 0) is 17.8 Å². The van der Waals surface area contributed by atoms with Crippen LogP contribution in [0.3, 0.4) is 0 Å². The van der Waals surface area contributed by atoms with Gasteiger partial charge in [0.25, 0.3) is 0 Å². The van der Waals surface area contributed by atoms with Gasteiger partial charge in [0.15, 0.2) is 0 Å². The molecule has 0 amide bonds. The van der Waals surface area contributed by atoms with E-state index in [-0.39, 0.29) is 6.42 Å². The van der Waals surface area contributed by atoms with Crippen molar-refractivity contribution in [2.24, 2.45) is 0 Å². The van der Waals surface area contributed by atoms with E-state index in [9.17, 15) is 9.18 Å². The first-order valence-electron chi connectivity index (χ1n) is 6.31. The van der Waals surface area contributed by atoms with Crippen LogP contribution in [0.25, 0.3) is 0 Å². The summed E-state index contributed by atoms with van der Waals surface area (Å²) in [5.74, 6) is -1.36. The molecule has 2 aromatic carbocycles. The molecular formula is C16H16FNO2. The molecule has 0 aliphatic heterocycles. The molecule has 2 aromatic rings. The summed E-state index contributed by atoms with van der Waals surface area (Å²) in [6.45, 7) is 0.593. The summed E-state index contributed by atoms with van der Waals surface area (Å²) in [6, 6.07) is 14.3. The molecular weight excluding hydrogens is 257 g/mol. The first-order chi connectivity index (χ1) is 9.56. The predicted molar refractivity (Wildman–Crippen MR) is 76.3 cm³/mol. The maximum Gasteiger partial charge on any atom is 0.307 e. The molecule has 104 valence electrons. The molecule has 0 aliphatic rings. The fraction of sp³-hybridized carbons (Fsp3) is 0.188. The number of halogens is 1. The normalized spacial score (nSPS) is 10.3. The SMILES string of the molecule is CN(Cc1ccccc1)c1ccc(CC(=O)O)cc1F. The number of carboxylic acids is 1. The summed E-state index contributed by atoms with van der Waals surface area (Å²) in [5.41, 5.74) is 2.01. The molecule has 0 heterocycles. The van der Waals surface area contributed by atoms with Crippen molar-refractivity contribution in [3.63, 3.8) is 0 Å². The van der Waals surface area contributed by atoms with Gasteiger partial charge in [0.1, 0.15) is 5.82 Å². The number of carboxylic acid groups (broad SMARTS) is 1. The lowest BCUT2D eigenvalue weighted by Crippen LogP contribution is -2.17. The lowest BCUT2D eigenvalue weighted by atomic mass is 10.1. The van der Waals surface area contributed by atoms with Gasteiger partial charge in [0.05, 0.1) is 12.1 Å². The first kappa shape index (κ1) is 14.1. The topological polar surface area (TPSA) is 40.5 Å². The van der Waals surface area contributed by atoms with Crippen molar-refractivity contribution in [1.29, 1.82) is 0 Å². The second-order valence-corrected chi connectivity index (χ2v) is 4.70. The summed E-state index contributed by atoms with van der Waals surface area (Å²) >= 11 is 0. The Bertz CT molecular complexity index is 599. The van der Waals surface area contributed by atoms with Gasteiger partial charge in [-0.25, -0.2) is 4.39 Å². The van der Waals surface area contributed by atoms with Crippen LogP contribution in [0.1, 0.15) is 11.1 Å². The lowest BCUT2D eigenvalue weighted by molar-refractivity contribution is -0.136. The Morgan fingerprint density at radius 1 is 1.15 bits per heavy atom. The molecule has 4 heteroatoms. The molecule has 1 N–H and O–H groups in total. The third kappa shape index (κ3) is 3.57. The zero-order valence-corrected chi connectivity index (χ0v) is 11.2. The number of rotatable bonds is 5. The van der Waals surface area contributed by atoms with Crippen LogP contribution in [0.5, 0.6) is 0 Å². The molecule has 0 radical (unpaired) electrons. The zero-order chi connectivity index (χ0) is 14.5. The standard InChI is InChI=1S/C16H16FNO2/c1-18(11-12-5-3-2-4-6-12)15-8-7-13(9-14(15)17)10-16(19)20/h2-9H,10-11H2,1H3,(H,19,20). The Morgan fingerprint density at radius 2 is 1.85 bits per heavy atom. The van der Waals surface area contributed by atoms with Gasteiger partial charge in [-0.3, -0.25) is 4.79 Å². The lowest BCUT2D eigenvalue weighted by Gasteiger charge is -2.20. The molecule has 20 heavy (non-hydrogen) atoms. The largest absolute Gasteiger partial charge is 0.481 e. The second kappa shape index (κ2) is 6.19. The Morgan fingerprint density at radius 3 is 2.45 bits per heavy atom. The molecule has 2 rings (SSSR count). The van der Waals surface area contributed by atoms with Crippen molar-refractivity contribution >= 4 is 11.7 Å². The molecule has 0 aromatic heterocycles. The highest BCUT2D eigenvalue weighted by atomic mass is 19.1. The van der Waals surface area contributed by atoms with Crippen LogP contribution in [0.2, 0.25) is 0 Å². The minimum absolute atomic E-state index is 0.167. The monoisotopic (exact) mass is 273 g/mol. The van der Waals surface area contributed by atoms with Crippen LogP contribution in [0.4, 0.5) is 10.1 Å². The number of anilines is 1. The fourth-order valence-electron chi connectivity index (χ4n) is 2.09. The van der Waals surface area contributed by atoms with Crippen molar-refractivity contribution < 1.29 is 14.3 Å². The van der Waals surface area contributed by atoms with E-state index in [1.165, 1.54) is 6.07 Å². The minimum atomic E-state index is -0.963. The van der Waals surface area contributed by atoms with E-state index in [0.717, 1.165) is 5.56 Å². The maximum atomic E-state index is 14.0. The van der Waals surface area contributed by atoms with Gasteiger partial charge >= 0.3 is 5.97 Å². The van der Waals surface area contributed by atoms with E-state index in [0.29, 0.717) is 17.8 Å². The van der Waals surface area contributed by atoms with Gasteiger partial charge in [-0.2, -0.15) is 0 Å². The second-order valence-electron chi connectivity index (χ2n) is 4.70. The molecule has 3 nitrogen and oxygen atoms in total. The van der Waals surface area contributed by atoms with E-state index in [1.54, 1.807) is 17.0 Å². The summed E-state index contributed by atoms with van der Waals surface area (Å²) in [6.07, 6.45) is -0.167. The van der Waals surface area contributed by atoms with Gasteiger partial charge in [0.2, 0.25) is 0 Å². The highest BCUT2D eigenvalue weighted by Crippen LogP contribution is 2.21. The third-order valence-corrected chi connectivity index (χ3v) is 3.04. The number of hydrogen-bond acceptors (Lipinski definition) is 2. The van der Waals surface area contributed by atoms with Gasteiger partial charge in [-0.1, -0.05) is 36.4 Å². The molecule has 0 unspecified atom stereocenters. The number of benzene rings is 2. The Hall–Kier alpha value is -2.36. The van der Waals surface area contributed by atoms with Crippen molar-refractivity contribution in [2.45, 2.75) is 13.0 Å². The minimum Gasteiger partial charge on any atom is -0.481 e. The van der Waals surface area contributed by atoms with Crippen LogP contribution in [0.15, 0.2) is 48.5 Å². The summed E-state index contributed by atoms with van der Waals surface area (Å²) in [5, 5.41) is 8.70. The molecule has 0 bridgehead atoms. The highest BCUT2D eigenvalue weighted by molar-refractivity contribution is 5.70.